The predicted molar refractivity (Wildman–Crippen MR) is 79.7 cm³/mol. The highest BCUT2D eigenvalue weighted by atomic mass is 16.4. The topological polar surface area (TPSA) is 43.8 Å². The number of piperidine rings is 1. The third-order valence-corrected chi connectivity index (χ3v) is 4.21. The smallest absolute Gasteiger partial charge is 0.320 e. The number of rotatable bonds is 4. The second-order valence-electron chi connectivity index (χ2n) is 5.95. The first-order valence-electron chi connectivity index (χ1n) is 7.16. The Morgan fingerprint density at radius 2 is 2.00 bits per heavy atom. The molecular weight excluding hydrogens is 252 g/mol. The van der Waals surface area contributed by atoms with Gasteiger partial charge in [0.2, 0.25) is 0 Å². The van der Waals surface area contributed by atoms with Crippen LogP contribution >= 0.6 is 0 Å². The van der Waals surface area contributed by atoms with Crippen LogP contribution in [0.3, 0.4) is 0 Å². The van der Waals surface area contributed by atoms with E-state index in [1.165, 1.54) is 11.1 Å². The first-order chi connectivity index (χ1) is 9.47. The summed E-state index contributed by atoms with van der Waals surface area (Å²) < 4.78 is 0. The minimum atomic E-state index is -0.705. The Morgan fingerprint density at radius 3 is 2.55 bits per heavy atom. The number of aryl methyl sites for hydroxylation is 1. The van der Waals surface area contributed by atoms with Crippen LogP contribution in [-0.4, -0.2) is 53.6 Å². The maximum Gasteiger partial charge on any atom is 0.320 e. The van der Waals surface area contributed by atoms with Crippen molar-refractivity contribution in [3.63, 3.8) is 0 Å². The zero-order chi connectivity index (χ0) is 14.7. The van der Waals surface area contributed by atoms with Crippen LogP contribution in [0.2, 0.25) is 0 Å². The monoisotopic (exact) mass is 276 g/mol. The van der Waals surface area contributed by atoms with Crippen LogP contribution in [0, 0.1) is 6.92 Å². The van der Waals surface area contributed by atoms with E-state index in [0.717, 1.165) is 19.5 Å². The summed E-state index contributed by atoms with van der Waals surface area (Å²) in [6.07, 6.45) is 1.73. The van der Waals surface area contributed by atoms with Gasteiger partial charge in [-0.05, 0) is 39.4 Å². The molecule has 0 amide bonds. The molecule has 110 valence electrons. The van der Waals surface area contributed by atoms with Crippen molar-refractivity contribution in [2.75, 3.05) is 20.6 Å². The molecule has 4 nitrogen and oxygen atoms in total. The minimum absolute atomic E-state index is 0.366. The van der Waals surface area contributed by atoms with Gasteiger partial charge >= 0.3 is 5.97 Å². The highest BCUT2D eigenvalue weighted by molar-refractivity contribution is 5.73. The van der Waals surface area contributed by atoms with E-state index in [0.29, 0.717) is 12.5 Å². The normalized spacial score (nSPS) is 24.0. The van der Waals surface area contributed by atoms with E-state index in [2.05, 4.69) is 41.0 Å². The van der Waals surface area contributed by atoms with Crippen LogP contribution in [0.5, 0.6) is 0 Å². The van der Waals surface area contributed by atoms with Gasteiger partial charge in [-0.25, -0.2) is 0 Å². The molecule has 0 aromatic heterocycles. The Bertz CT molecular complexity index is 456. The highest BCUT2D eigenvalue weighted by Gasteiger charge is 2.33. The van der Waals surface area contributed by atoms with E-state index >= 15 is 0 Å². The SMILES string of the molecule is Cc1ccc(CN2CCC(N(C)C)CC2C(=O)O)cc1. The first-order valence-corrected chi connectivity index (χ1v) is 7.16. The molecule has 20 heavy (non-hydrogen) atoms. The summed E-state index contributed by atoms with van der Waals surface area (Å²) >= 11 is 0. The lowest BCUT2D eigenvalue weighted by Crippen LogP contribution is -2.51. The Morgan fingerprint density at radius 1 is 1.35 bits per heavy atom. The summed E-state index contributed by atoms with van der Waals surface area (Å²) in [5.41, 5.74) is 2.42. The van der Waals surface area contributed by atoms with Gasteiger partial charge in [0.25, 0.3) is 0 Å². The fourth-order valence-electron chi connectivity index (χ4n) is 2.84. The quantitative estimate of drug-likeness (QED) is 0.913. The van der Waals surface area contributed by atoms with Gasteiger partial charge in [0.1, 0.15) is 6.04 Å². The zero-order valence-electron chi connectivity index (χ0n) is 12.5. The Balaban J connectivity index is 2.06. The van der Waals surface area contributed by atoms with E-state index < -0.39 is 5.97 Å². The van der Waals surface area contributed by atoms with E-state index in [4.69, 9.17) is 0 Å². The average molecular weight is 276 g/mol. The van der Waals surface area contributed by atoms with Crippen LogP contribution in [0.4, 0.5) is 0 Å². The number of aliphatic carboxylic acids is 1. The number of carbonyl (C=O) groups is 1. The highest BCUT2D eigenvalue weighted by Crippen LogP contribution is 2.23. The van der Waals surface area contributed by atoms with Gasteiger partial charge in [-0.3, -0.25) is 9.69 Å². The van der Waals surface area contributed by atoms with Crippen molar-refractivity contribution >= 4 is 5.97 Å². The maximum atomic E-state index is 11.5. The molecule has 0 aliphatic carbocycles. The molecule has 0 bridgehead atoms. The van der Waals surface area contributed by atoms with Crippen LogP contribution in [-0.2, 0) is 11.3 Å². The second kappa shape index (κ2) is 6.37. The lowest BCUT2D eigenvalue weighted by molar-refractivity contribution is -0.145. The van der Waals surface area contributed by atoms with Gasteiger partial charge < -0.3 is 10.0 Å². The van der Waals surface area contributed by atoms with Crippen molar-refractivity contribution in [2.24, 2.45) is 0 Å². The molecule has 4 heteroatoms. The molecule has 0 radical (unpaired) electrons. The van der Waals surface area contributed by atoms with Crippen molar-refractivity contribution in [1.29, 1.82) is 0 Å². The molecule has 1 N–H and O–H groups in total. The number of nitrogens with zero attached hydrogens (tertiary/aromatic N) is 2. The molecule has 1 saturated heterocycles. The fourth-order valence-corrected chi connectivity index (χ4v) is 2.84. The fraction of sp³-hybridized carbons (Fsp3) is 0.562. The summed E-state index contributed by atoms with van der Waals surface area (Å²) in [5.74, 6) is -0.705. The van der Waals surface area contributed by atoms with Crippen LogP contribution < -0.4 is 0 Å². The summed E-state index contributed by atoms with van der Waals surface area (Å²) in [5, 5.41) is 9.47. The van der Waals surface area contributed by atoms with Gasteiger partial charge in [-0.1, -0.05) is 29.8 Å². The molecule has 1 aromatic rings. The number of hydrogen-bond acceptors (Lipinski definition) is 3. The lowest BCUT2D eigenvalue weighted by Gasteiger charge is -2.39. The molecule has 0 spiro atoms. The average Bonchev–Trinajstić information content (AvgIpc) is 2.41. The molecule has 1 fully saturated rings. The van der Waals surface area contributed by atoms with Crippen molar-refractivity contribution in [1.82, 2.24) is 9.80 Å². The van der Waals surface area contributed by atoms with E-state index in [1.54, 1.807) is 0 Å². The van der Waals surface area contributed by atoms with Crippen LogP contribution in [0.15, 0.2) is 24.3 Å². The third kappa shape index (κ3) is 3.58. The van der Waals surface area contributed by atoms with Gasteiger partial charge in [-0.2, -0.15) is 0 Å². The molecular formula is C16H24N2O2. The molecule has 1 heterocycles. The molecule has 1 aromatic carbocycles. The number of hydrogen-bond donors (Lipinski definition) is 1. The van der Waals surface area contributed by atoms with Gasteiger partial charge in [0.05, 0.1) is 0 Å². The number of carboxylic acids is 1. The zero-order valence-corrected chi connectivity index (χ0v) is 12.5. The summed E-state index contributed by atoms with van der Waals surface area (Å²) in [4.78, 5) is 15.7. The molecule has 2 atom stereocenters. The Kier molecular flexibility index (Phi) is 4.78. The number of carboxylic acid groups (broad SMARTS) is 1. The van der Waals surface area contributed by atoms with Crippen LogP contribution in [0.1, 0.15) is 24.0 Å². The van der Waals surface area contributed by atoms with Gasteiger partial charge in [-0.15, -0.1) is 0 Å². The van der Waals surface area contributed by atoms with E-state index in [-0.39, 0.29) is 6.04 Å². The largest absolute Gasteiger partial charge is 0.480 e. The maximum absolute atomic E-state index is 11.5. The van der Waals surface area contributed by atoms with E-state index in [9.17, 15) is 9.90 Å². The summed E-state index contributed by atoms with van der Waals surface area (Å²) in [7, 11) is 4.05. The number of benzene rings is 1. The molecule has 1 aliphatic rings. The standard InChI is InChI=1S/C16H24N2O2/c1-12-4-6-13(7-5-12)11-18-9-8-14(17(2)3)10-15(18)16(19)20/h4-7,14-15H,8-11H2,1-3H3,(H,19,20). The van der Waals surface area contributed by atoms with Crippen molar-refractivity contribution < 1.29 is 9.90 Å². The third-order valence-electron chi connectivity index (χ3n) is 4.21. The summed E-state index contributed by atoms with van der Waals surface area (Å²) in [6.45, 7) is 3.62. The first kappa shape index (κ1) is 15.0. The molecule has 0 saturated carbocycles. The Labute approximate surface area is 121 Å². The molecule has 1 aliphatic heterocycles. The van der Waals surface area contributed by atoms with Crippen molar-refractivity contribution in [3.8, 4) is 0 Å². The lowest BCUT2D eigenvalue weighted by atomic mass is 9.95. The van der Waals surface area contributed by atoms with Gasteiger partial charge in [0, 0.05) is 19.1 Å². The second-order valence-corrected chi connectivity index (χ2v) is 5.95. The number of likely N-dealkylation sites (tertiary alicyclic amines) is 1. The molecule has 2 rings (SSSR count). The van der Waals surface area contributed by atoms with Crippen molar-refractivity contribution in [3.05, 3.63) is 35.4 Å². The van der Waals surface area contributed by atoms with Crippen LogP contribution in [0.25, 0.3) is 0 Å². The summed E-state index contributed by atoms with van der Waals surface area (Å²) in [6, 6.07) is 8.33. The minimum Gasteiger partial charge on any atom is -0.480 e. The van der Waals surface area contributed by atoms with Gasteiger partial charge in [0.15, 0.2) is 0 Å². The van der Waals surface area contributed by atoms with Crippen molar-refractivity contribution in [2.45, 2.75) is 38.4 Å². The predicted octanol–water partition coefficient (Wildman–Crippen LogP) is 1.97. The molecule has 2 unspecified atom stereocenters. The van der Waals surface area contributed by atoms with E-state index in [1.807, 2.05) is 14.1 Å². The Hall–Kier alpha value is -1.39.